The molecule has 1 N–H and O–H groups in total. The predicted octanol–water partition coefficient (Wildman–Crippen LogP) is 1.93. The number of sulfone groups is 1. The lowest BCUT2D eigenvalue weighted by molar-refractivity contribution is -0.114. The smallest absolute Gasteiger partial charge is 0.283 e. The minimum Gasteiger partial charge on any atom is -0.465 e. The van der Waals surface area contributed by atoms with Gasteiger partial charge in [0.2, 0.25) is 19.4 Å². The van der Waals surface area contributed by atoms with Crippen LogP contribution in [-0.4, -0.2) is 40.5 Å². The molecule has 0 saturated heterocycles. The van der Waals surface area contributed by atoms with E-state index in [2.05, 4.69) is 10.1 Å². The molecule has 1 aromatic heterocycles. The summed E-state index contributed by atoms with van der Waals surface area (Å²) in [5.41, 5.74) is -0.0134. The molecular formula is C14H14N4O4S2. The van der Waals surface area contributed by atoms with E-state index < -0.39 is 15.7 Å². The minimum atomic E-state index is -3.58. The van der Waals surface area contributed by atoms with Crippen molar-refractivity contribution in [2.45, 2.75) is 13.8 Å². The number of thioether (sulfide) groups is 1. The van der Waals surface area contributed by atoms with Crippen LogP contribution in [0.5, 0.6) is 0 Å². The second-order valence-corrected chi connectivity index (χ2v) is 8.74. The minimum absolute atomic E-state index is 0.0134. The summed E-state index contributed by atoms with van der Waals surface area (Å²) in [7, 11) is -3.58. The van der Waals surface area contributed by atoms with E-state index in [1.54, 1.807) is 26.0 Å². The zero-order valence-electron chi connectivity index (χ0n) is 12.9. The summed E-state index contributed by atoms with van der Waals surface area (Å²) in [6.07, 6.45) is 2.82. The van der Waals surface area contributed by atoms with Crippen LogP contribution in [0.2, 0.25) is 0 Å². The largest absolute Gasteiger partial charge is 0.465 e. The third-order valence-corrected chi connectivity index (χ3v) is 6.52. The number of fused-ring (bicyclic) bond motifs is 1. The standard InChI is InChI=1S/C14H14N4O4S2/c1-8(2)7-24(20,21)14-17-18-11(15)10(6-9-4-3-5-22-9)12(19)16-13(18)23-14/h3-6,8,15H,7H2,1-2H3/b10-6+,15-11?. The number of carbonyl (C=O) groups excluding carboxylic acids is 1. The molecular weight excluding hydrogens is 352 g/mol. The fourth-order valence-corrected chi connectivity index (χ4v) is 4.91. The molecule has 2 aliphatic rings. The molecule has 0 aromatic carbocycles. The van der Waals surface area contributed by atoms with Crippen LogP contribution in [-0.2, 0) is 14.6 Å². The van der Waals surface area contributed by atoms with E-state index in [0.29, 0.717) is 5.76 Å². The quantitative estimate of drug-likeness (QED) is 0.817. The van der Waals surface area contributed by atoms with Gasteiger partial charge >= 0.3 is 0 Å². The number of rotatable bonds is 3. The van der Waals surface area contributed by atoms with Gasteiger partial charge in [-0.05, 0) is 35.9 Å². The maximum absolute atomic E-state index is 12.3. The highest BCUT2D eigenvalue weighted by Crippen LogP contribution is 2.30. The van der Waals surface area contributed by atoms with Gasteiger partial charge in [-0.15, -0.1) is 5.10 Å². The molecule has 0 saturated carbocycles. The van der Waals surface area contributed by atoms with Crippen molar-refractivity contribution < 1.29 is 17.6 Å². The van der Waals surface area contributed by atoms with Gasteiger partial charge in [0.1, 0.15) is 5.76 Å². The van der Waals surface area contributed by atoms with Crippen LogP contribution < -0.4 is 0 Å². The Hall–Kier alpha value is -2.20. The molecule has 2 aliphatic heterocycles. The predicted molar refractivity (Wildman–Crippen MR) is 92.3 cm³/mol. The first-order valence-corrected chi connectivity index (χ1v) is 9.51. The van der Waals surface area contributed by atoms with Gasteiger partial charge in [-0.2, -0.15) is 10.0 Å². The second kappa shape index (κ2) is 6.02. The molecule has 0 spiro atoms. The van der Waals surface area contributed by atoms with E-state index in [1.807, 2.05) is 0 Å². The molecule has 0 bridgehead atoms. The van der Waals surface area contributed by atoms with Crippen molar-refractivity contribution in [1.82, 2.24) is 5.01 Å². The Balaban J connectivity index is 1.95. The molecule has 1 aromatic rings. The highest BCUT2D eigenvalue weighted by molar-refractivity contribution is 8.42. The van der Waals surface area contributed by atoms with E-state index in [4.69, 9.17) is 9.83 Å². The first kappa shape index (κ1) is 16.7. The fourth-order valence-electron chi connectivity index (χ4n) is 2.13. The molecule has 126 valence electrons. The van der Waals surface area contributed by atoms with E-state index in [9.17, 15) is 13.2 Å². The number of nitrogens with one attached hydrogen (secondary N) is 1. The van der Waals surface area contributed by atoms with E-state index in [0.717, 1.165) is 16.8 Å². The molecule has 1 amide bonds. The van der Waals surface area contributed by atoms with Gasteiger partial charge in [0.15, 0.2) is 5.84 Å². The maximum Gasteiger partial charge on any atom is 0.283 e. The summed E-state index contributed by atoms with van der Waals surface area (Å²) in [5, 5.41) is 13.3. The number of aliphatic imine (C=N–C) groups is 1. The maximum atomic E-state index is 12.3. The molecule has 0 unspecified atom stereocenters. The van der Waals surface area contributed by atoms with Crippen LogP contribution in [0.25, 0.3) is 6.08 Å². The van der Waals surface area contributed by atoms with Crippen molar-refractivity contribution >= 4 is 49.0 Å². The van der Waals surface area contributed by atoms with Crippen LogP contribution in [0, 0.1) is 11.3 Å². The van der Waals surface area contributed by atoms with Crippen LogP contribution in [0.15, 0.2) is 38.5 Å². The third-order valence-electron chi connectivity index (χ3n) is 3.08. The highest BCUT2D eigenvalue weighted by atomic mass is 32.3. The summed E-state index contributed by atoms with van der Waals surface area (Å²) >= 11 is 0.787. The monoisotopic (exact) mass is 366 g/mol. The number of nitrogens with zero attached hydrogens (tertiary/aromatic N) is 3. The Kier molecular flexibility index (Phi) is 4.18. The average Bonchev–Trinajstić information content (AvgIpc) is 3.11. The first-order valence-electron chi connectivity index (χ1n) is 7.04. The van der Waals surface area contributed by atoms with Gasteiger partial charge in [0.25, 0.3) is 5.91 Å². The summed E-state index contributed by atoms with van der Waals surface area (Å²) in [5.74, 6) is -0.592. The molecule has 0 aliphatic carbocycles. The van der Waals surface area contributed by atoms with Gasteiger partial charge in [-0.25, -0.2) is 8.42 Å². The zero-order chi connectivity index (χ0) is 17.5. The van der Waals surface area contributed by atoms with Crippen molar-refractivity contribution in [3.63, 3.8) is 0 Å². The molecule has 10 heteroatoms. The van der Waals surface area contributed by atoms with Crippen molar-refractivity contribution in [2.24, 2.45) is 16.0 Å². The Morgan fingerprint density at radius 3 is 2.83 bits per heavy atom. The average molecular weight is 366 g/mol. The lowest BCUT2D eigenvalue weighted by Crippen LogP contribution is -2.35. The normalized spacial score (nSPS) is 19.8. The number of carbonyl (C=O) groups is 1. The number of hydrazone groups is 1. The molecule has 3 rings (SSSR count). The Labute approximate surface area is 142 Å². The Bertz CT molecular complexity index is 895. The second-order valence-electron chi connectivity index (χ2n) is 5.58. The highest BCUT2D eigenvalue weighted by Gasteiger charge is 2.39. The first-order chi connectivity index (χ1) is 11.3. The van der Waals surface area contributed by atoms with Gasteiger partial charge in [-0.1, -0.05) is 13.8 Å². The number of hydrogen-bond acceptors (Lipinski definition) is 7. The van der Waals surface area contributed by atoms with Crippen molar-refractivity contribution in [1.29, 1.82) is 5.41 Å². The van der Waals surface area contributed by atoms with Gasteiger partial charge < -0.3 is 4.42 Å². The molecule has 0 atom stereocenters. The van der Waals surface area contributed by atoms with Crippen molar-refractivity contribution in [3.8, 4) is 0 Å². The summed E-state index contributed by atoms with van der Waals surface area (Å²) in [6, 6.07) is 3.28. The SMILES string of the molecule is CC(C)CS(=O)(=O)C1=NN2C(=N)/C(=C\c3ccco3)C(=O)N=C2S1. The lowest BCUT2D eigenvalue weighted by Gasteiger charge is -2.19. The summed E-state index contributed by atoms with van der Waals surface area (Å²) < 4.78 is 29.6. The molecule has 3 heterocycles. The number of furan rings is 1. The number of hydrogen-bond donors (Lipinski definition) is 1. The molecule has 8 nitrogen and oxygen atoms in total. The van der Waals surface area contributed by atoms with Crippen LogP contribution in [0.1, 0.15) is 19.6 Å². The van der Waals surface area contributed by atoms with Gasteiger partial charge in [-0.3, -0.25) is 10.2 Å². The zero-order valence-corrected chi connectivity index (χ0v) is 14.5. The van der Waals surface area contributed by atoms with E-state index in [1.165, 1.54) is 12.3 Å². The Morgan fingerprint density at radius 2 is 2.21 bits per heavy atom. The topological polar surface area (TPSA) is 116 Å². The summed E-state index contributed by atoms with van der Waals surface area (Å²) in [6.45, 7) is 3.58. The van der Waals surface area contributed by atoms with E-state index >= 15 is 0 Å². The van der Waals surface area contributed by atoms with Crippen molar-refractivity contribution in [2.75, 3.05) is 5.75 Å². The van der Waals surface area contributed by atoms with Gasteiger partial charge in [0.05, 0.1) is 17.6 Å². The van der Waals surface area contributed by atoms with Gasteiger partial charge in [0, 0.05) is 0 Å². The fraction of sp³-hybridized carbons (Fsp3) is 0.286. The van der Waals surface area contributed by atoms with Crippen LogP contribution >= 0.6 is 11.8 Å². The lowest BCUT2D eigenvalue weighted by atomic mass is 10.1. The van der Waals surface area contributed by atoms with Crippen LogP contribution in [0.3, 0.4) is 0 Å². The van der Waals surface area contributed by atoms with Crippen molar-refractivity contribution in [3.05, 3.63) is 29.7 Å². The van der Waals surface area contributed by atoms with Crippen LogP contribution in [0.4, 0.5) is 0 Å². The van der Waals surface area contributed by atoms with E-state index in [-0.39, 0.29) is 32.6 Å². The number of amides is 1. The molecule has 0 fully saturated rings. The Morgan fingerprint density at radius 1 is 1.46 bits per heavy atom. The molecule has 24 heavy (non-hydrogen) atoms. The molecule has 0 radical (unpaired) electrons. The third kappa shape index (κ3) is 3.06. The summed E-state index contributed by atoms with van der Waals surface area (Å²) in [4.78, 5) is 16.0. The number of amidine groups is 2.